The van der Waals surface area contributed by atoms with Crippen LogP contribution < -0.4 is 0 Å². The minimum Gasteiger partial charge on any atom is -0.472 e. The predicted octanol–water partition coefficient (Wildman–Crippen LogP) is 4.88. The molecule has 0 bridgehead atoms. The van der Waals surface area contributed by atoms with Gasteiger partial charge in [0.1, 0.15) is 0 Å². The third-order valence-electron chi connectivity index (χ3n) is 4.34. The van der Waals surface area contributed by atoms with Gasteiger partial charge in [0.2, 0.25) is 0 Å². The van der Waals surface area contributed by atoms with Gasteiger partial charge in [-0.1, -0.05) is 60.7 Å². The van der Waals surface area contributed by atoms with Gasteiger partial charge in [-0.3, -0.25) is 0 Å². The van der Waals surface area contributed by atoms with Crippen molar-refractivity contribution >= 4 is 5.76 Å². The van der Waals surface area contributed by atoms with Crippen LogP contribution in [0.3, 0.4) is 0 Å². The average Bonchev–Trinajstić information content (AvgIpc) is 3.31. The number of furan rings is 1. The summed E-state index contributed by atoms with van der Waals surface area (Å²) in [5.74, 6) is 1.11. The lowest BCUT2D eigenvalue weighted by molar-refractivity contribution is 0.0975. The van der Waals surface area contributed by atoms with Crippen molar-refractivity contribution in [2.24, 2.45) is 0 Å². The van der Waals surface area contributed by atoms with E-state index in [2.05, 4.69) is 6.07 Å². The third-order valence-corrected chi connectivity index (χ3v) is 4.34. The number of ether oxygens (including phenoxy) is 1. The molecule has 0 amide bonds. The normalized spacial score (nSPS) is 15.8. The molecular formula is C21H15NO2. The van der Waals surface area contributed by atoms with Crippen molar-refractivity contribution in [1.82, 2.24) is 0 Å². The second kappa shape index (κ2) is 5.75. The Balaban J connectivity index is 1.88. The van der Waals surface area contributed by atoms with E-state index >= 15 is 0 Å². The summed E-state index contributed by atoms with van der Waals surface area (Å²) < 4.78 is 11.9. The monoisotopic (exact) mass is 313 g/mol. The van der Waals surface area contributed by atoms with Gasteiger partial charge in [-0.15, -0.1) is 0 Å². The van der Waals surface area contributed by atoms with E-state index in [0.717, 1.165) is 11.1 Å². The molecule has 1 aliphatic heterocycles. The molecule has 0 spiro atoms. The van der Waals surface area contributed by atoms with Crippen LogP contribution in [-0.4, -0.2) is 0 Å². The Bertz CT molecular complexity index is 864. The minimum absolute atomic E-state index is 0.480. The SMILES string of the molecule is N#CC1=C(c2ccco2)OC(c2ccccc2)(c2ccccc2)C1. The molecule has 1 aromatic heterocycles. The number of rotatable bonds is 3. The summed E-state index contributed by atoms with van der Waals surface area (Å²) in [5.41, 5.74) is 1.92. The Morgan fingerprint density at radius 3 is 1.96 bits per heavy atom. The molecule has 0 radical (unpaired) electrons. The van der Waals surface area contributed by atoms with E-state index in [9.17, 15) is 5.26 Å². The smallest absolute Gasteiger partial charge is 0.177 e. The van der Waals surface area contributed by atoms with E-state index in [0.29, 0.717) is 23.5 Å². The quantitative estimate of drug-likeness (QED) is 0.692. The van der Waals surface area contributed by atoms with Gasteiger partial charge in [-0.25, -0.2) is 0 Å². The standard InChI is InChI=1S/C21H15NO2/c22-15-16-14-21(17-8-3-1-4-9-17,18-10-5-2-6-11-18)24-20(16)19-12-7-13-23-19/h1-13H,14H2. The van der Waals surface area contributed by atoms with Crippen LogP contribution in [0.2, 0.25) is 0 Å². The molecule has 0 unspecified atom stereocenters. The molecule has 1 aliphatic rings. The van der Waals surface area contributed by atoms with E-state index in [1.54, 1.807) is 12.3 Å². The molecule has 3 heteroatoms. The van der Waals surface area contributed by atoms with Crippen LogP contribution in [0.15, 0.2) is 89.0 Å². The van der Waals surface area contributed by atoms with Crippen LogP contribution in [0.25, 0.3) is 5.76 Å². The first kappa shape index (κ1) is 14.3. The maximum absolute atomic E-state index is 9.63. The second-order valence-corrected chi connectivity index (χ2v) is 5.73. The van der Waals surface area contributed by atoms with Crippen LogP contribution in [0.5, 0.6) is 0 Å². The first-order valence-electron chi connectivity index (χ1n) is 7.81. The summed E-state index contributed by atoms with van der Waals surface area (Å²) in [7, 11) is 0. The summed E-state index contributed by atoms with van der Waals surface area (Å²) in [6.45, 7) is 0. The van der Waals surface area contributed by atoms with Crippen molar-refractivity contribution in [3.8, 4) is 6.07 Å². The van der Waals surface area contributed by atoms with E-state index in [1.165, 1.54) is 0 Å². The summed E-state index contributed by atoms with van der Waals surface area (Å²) in [5, 5.41) is 9.63. The number of nitrogens with zero attached hydrogens (tertiary/aromatic N) is 1. The van der Waals surface area contributed by atoms with E-state index in [1.807, 2.05) is 66.7 Å². The molecule has 0 saturated carbocycles. The van der Waals surface area contributed by atoms with Crippen LogP contribution in [0.1, 0.15) is 23.3 Å². The van der Waals surface area contributed by atoms with Crippen LogP contribution in [0.4, 0.5) is 0 Å². The highest BCUT2D eigenvalue weighted by atomic mass is 16.5. The van der Waals surface area contributed by atoms with E-state index in [4.69, 9.17) is 9.15 Å². The van der Waals surface area contributed by atoms with Crippen molar-refractivity contribution in [2.75, 3.05) is 0 Å². The Morgan fingerprint density at radius 1 is 0.833 bits per heavy atom. The summed E-state index contributed by atoms with van der Waals surface area (Å²) in [6, 6.07) is 25.9. The molecule has 4 rings (SSSR count). The van der Waals surface area contributed by atoms with Crippen molar-refractivity contribution < 1.29 is 9.15 Å². The fourth-order valence-corrected chi connectivity index (χ4v) is 3.20. The fourth-order valence-electron chi connectivity index (χ4n) is 3.20. The summed E-state index contributed by atoms with van der Waals surface area (Å²) >= 11 is 0. The highest BCUT2D eigenvalue weighted by molar-refractivity contribution is 5.68. The zero-order chi connectivity index (χ0) is 16.4. The van der Waals surface area contributed by atoms with Crippen molar-refractivity contribution in [1.29, 1.82) is 5.26 Å². The Labute approximate surface area is 140 Å². The molecule has 116 valence electrons. The second-order valence-electron chi connectivity index (χ2n) is 5.73. The predicted molar refractivity (Wildman–Crippen MR) is 90.6 cm³/mol. The molecular weight excluding hydrogens is 298 g/mol. The highest BCUT2D eigenvalue weighted by Gasteiger charge is 2.45. The largest absolute Gasteiger partial charge is 0.472 e. The van der Waals surface area contributed by atoms with Gasteiger partial charge in [0, 0.05) is 17.5 Å². The maximum atomic E-state index is 9.63. The molecule has 0 saturated heterocycles. The average molecular weight is 313 g/mol. The zero-order valence-electron chi connectivity index (χ0n) is 13.0. The van der Waals surface area contributed by atoms with E-state index in [-0.39, 0.29) is 0 Å². The van der Waals surface area contributed by atoms with Gasteiger partial charge >= 0.3 is 0 Å². The highest BCUT2D eigenvalue weighted by Crippen LogP contribution is 2.49. The number of benzene rings is 2. The molecule has 0 atom stereocenters. The minimum atomic E-state index is -0.713. The summed E-state index contributed by atoms with van der Waals surface area (Å²) in [4.78, 5) is 0. The molecule has 24 heavy (non-hydrogen) atoms. The van der Waals surface area contributed by atoms with Gasteiger partial charge < -0.3 is 9.15 Å². The lowest BCUT2D eigenvalue weighted by atomic mass is 9.82. The van der Waals surface area contributed by atoms with Gasteiger partial charge in [0.05, 0.1) is 17.9 Å². The Morgan fingerprint density at radius 2 is 1.46 bits per heavy atom. The van der Waals surface area contributed by atoms with Crippen molar-refractivity contribution in [3.05, 3.63) is 102 Å². The number of hydrogen-bond acceptors (Lipinski definition) is 3. The molecule has 0 aliphatic carbocycles. The first-order valence-corrected chi connectivity index (χ1v) is 7.81. The Hall–Kier alpha value is -3.25. The molecule has 0 fully saturated rings. The molecule has 0 N–H and O–H groups in total. The lowest BCUT2D eigenvalue weighted by Crippen LogP contribution is -2.27. The zero-order valence-corrected chi connectivity index (χ0v) is 13.0. The molecule has 2 heterocycles. The molecule has 3 aromatic rings. The van der Waals surface area contributed by atoms with E-state index < -0.39 is 5.60 Å². The van der Waals surface area contributed by atoms with Gasteiger partial charge in [-0.2, -0.15) is 5.26 Å². The van der Waals surface area contributed by atoms with Crippen LogP contribution in [-0.2, 0) is 10.3 Å². The molecule has 3 nitrogen and oxygen atoms in total. The maximum Gasteiger partial charge on any atom is 0.177 e. The first-order chi connectivity index (χ1) is 11.8. The fraction of sp³-hybridized carbons (Fsp3) is 0.0952. The van der Waals surface area contributed by atoms with Crippen LogP contribution in [0, 0.1) is 11.3 Å². The summed E-state index contributed by atoms with van der Waals surface area (Å²) in [6.07, 6.45) is 2.07. The molecule has 2 aromatic carbocycles. The van der Waals surface area contributed by atoms with Crippen molar-refractivity contribution in [3.63, 3.8) is 0 Å². The van der Waals surface area contributed by atoms with Crippen LogP contribution >= 0.6 is 0 Å². The Kier molecular flexibility index (Phi) is 3.44. The topological polar surface area (TPSA) is 46.2 Å². The van der Waals surface area contributed by atoms with Gasteiger partial charge in [0.25, 0.3) is 0 Å². The number of nitriles is 1. The number of hydrogen-bond donors (Lipinski definition) is 0. The third kappa shape index (κ3) is 2.21. The van der Waals surface area contributed by atoms with Gasteiger partial charge in [-0.05, 0) is 12.1 Å². The van der Waals surface area contributed by atoms with Gasteiger partial charge in [0.15, 0.2) is 17.1 Å². The lowest BCUT2D eigenvalue weighted by Gasteiger charge is -2.30. The van der Waals surface area contributed by atoms with Crippen molar-refractivity contribution in [2.45, 2.75) is 12.0 Å².